The number of aromatic hydroxyl groups is 1. The zero-order valence-electron chi connectivity index (χ0n) is 15.3. The number of benzene rings is 3. The second kappa shape index (κ2) is 7.23. The summed E-state index contributed by atoms with van der Waals surface area (Å²) in [5.41, 5.74) is 3.70. The number of hydrogen-bond acceptors (Lipinski definition) is 5. The molecule has 1 aliphatic rings. The predicted octanol–water partition coefficient (Wildman–Crippen LogP) is 5.00. The van der Waals surface area contributed by atoms with E-state index in [-0.39, 0.29) is 28.3 Å². The van der Waals surface area contributed by atoms with Gasteiger partial charge in [0, 0.05) is 29.3 Å². The maximum absolute atomic E-state index is 11.2. The van der Waals surface area contributed by atoms with Crippen molar-refractivity contribution in [1.29, 1.82) is 0 Å². The molecule has 0 radical (unpaired) electrons. The summed E-state index contributed by atoms with van der Waals surface area (Å²) >= 11 is 0. The Bertz CT molecular complexity index is 1030. The minimum absolute atomic E-state index is 0.0685. The van der Waals surface area contributed by atoms with Crippen LogP contribution in [0.3, 0.4) is 0 Å². The van der Waals surface area contributed by atoms with Crippen LogP contribution >= 0.6 is 0 Å². The summed E-state index contributed by atoms with van der Waals surface area (Å²) in [5.74, 6) is 0.910. The fraction of sp³-hybridized carbons (Fsp3) is 0.182. The van der Waals surface area contributed by atoms with Gasteiger partial charge in [-0.1, -0.05) is 30.3 Å². The molecule has 0 aliphatic carbocycles. The van der Waals surface area contributed by atoms with Gasteiger partial charge in [0.05, 0.1) is 18.1 Å². The first-order chi connectivity index (χ1) is 13.6. The molecule has 0 spiro atoms. The third kappa shape index (κ3) is 3.24. The molecule has 0 saturated carbocycles. The highest BCUT2D eigenvalue weighted by Crippen LogP contribution is 2.47. The van der Waals surface area contributed by atoms with Crippen molar-refractivity contribution in [3.05, 3.63) is 93.5 Å². The van der Waals surface area contributed by atoms with E-state index in [0.29, 0.717) is 6.42 Å². The number of phenolic OH excluding ortho intramolecular Hbond substituents is 1. The van der Waals surface area contributed by atoms with E-state index in [0.717, 1.165) is 28.1 Å². The number of nitro groups is 1. The average Bonchev–Trinajstić information content (AvgIpc) is 2.73. The molecule has 0 aromatic heterocycles. The number of non-ortho nitro benzene ring substituents is 1. The zero-order chi connectivity index (χ0) is 19.7. The molecule has 28 heavy (non-hydrogen) atoms. The normalized spacial score (nSPS) is 18.0. The Morgan fingerprint density at radius 1 is 1.07 bits per heavy atom. The number of para-hydroxylation sites is 1. The molecule has 142 valence electrons. The average molecular weight is 376 g/mol. The van der Waals surface area contributed by atoms with Gasteiger partial charge in [0.15, 0.2) is 0 Å². The van der Waals surface area contributed by atoms with Gasteiger partial charge in [0.25, 0.3) is 5.69 Å². The van der Waals surface area contributed by atoms with Gasteiger partial charge in [0.2, 0.25) is 0 Å². The molecule has 4 rings (SSSR count). The van der Waals surface area contributed by atoms with Crippen LogP contribution in [0, 0.1) is 10.1 Å². The van der Waals surface area contributed by atoms with Crippen LogP contribution in [0.5, 0.6) is 11.5 Å². The Hall–Kier alpha value is -3.54. The van der Waals surface area contributed by atoms with E-state index >= 15 is 0 Å². The Morgan fingerprint density at radius 3 is 2.64 bits per heavy atom. The van der Waals surface area contributed by atoms with E-state index in [4.69, 9.17) is 4.74 Å². The topological polar surface area (TPSA) is 84.6 Å². The highest BCUT2D eigenvalue weighted by Gasteiger charge is 2.31. The van der Waals surface area contributed by atoms with Crippen molar-refractivity contribution < 1.29 is 14.8 Å². The molecule has 3 aromatic carbocycles. The van der Waals surface area contributed by atoms with Crippen molar-refractivity contribution in [3.8, 4) is 11.5 Å². The molecule has 0 unspecified atom stereocenters. The molecule has 3 aromatic rings. The largest absolute Gasteiger partial charge is 0.508 e. The first-order valence-electron chi connectivity index (χ1n) is 9.03. The summed E-state index contributed by atoms with van der Waals surface area (Å²) in [5, 5.41) is 25.1. The molecule has 1 heterocycles. The third-order valence-electron chi connectivity index (χ3n) is 5.23. The van der Waals surface area contributed by atoms with Gasteiger partial charge in [-0.15, -0.1) is 0 Å². The number of nitrogens with one attached hydrogen (secondary N) is 1. The lowest BCUT2D eigenvalue weighted by Crippen LogP contribution is -2.22. The number of rotatable bonds is 4. The van der Waals surface area contributed by atoms with Crippen LogP contribution in [0.25, 0.3) is 0 Å². The third-order valence-corrected chi connectivity index (χ3v) is 5.23. The highest BCUT2D eigenvalue weighted by atomic mass is 16.6. The Morgan fingerprint density at radius 2 is 1.89 bits per heavy atom. The summed E-state index contributed by atoms with van der Waals surface area (Å²) in [6.45, 7) is 0. The van der Waals surface area contributed by atoms with E-state index in [1.54, 1.807) is 31.4 Å². The van der Waals surface area contributed by atoms with Gasteiger partial charge in [-0.05, 0) is 41.8 Å². The fourth-order valence-corrected chi connectivity index (χ4v) is 3.85. The SMILES string of the molecule is COc1ccc2c(c1)[C@@H](c1ccccc1O)C[C@@H](c1cccc([N+](=O)[O-])c1)N2. The number of methoxy groups -OCH3 is 1. The van der Waals surface area contributed by atoms with Gasteiger partial charge >= 0.3 is 0 Å². The predicted molar refractivity (Wildman–Crippen MR) is 107 cm³/mol. The van der Waals surface area contributed by atoms with Crippen molar-refractivity contribution in [2.45, 2.75) is 18.4 Å². The number of hydrogen-bond donors (Lipinski definition) is 2. The van der Waals surface area contributed by atoms with E-state index < -0.39 is 0 Å². The standard InChI is InChI=1S/C22H20N2O4/c1-28-16-9-10-20-19(12-16)18(17-7-2-3-8-22(17)25)13-21(23-20)14-5-4-6-15(11-14)24(26)27/h2-12,18,21,23,25H,13H2,1H3/t18-,21+/m1/s1. The summed E-state index contributed by atoms with van der Waals surface area (Å²) in [7, 11) is 1.62. The molecule has 0 amide bonds. The van der Waals surface area contributed by atoms with Crippen molar-refractivity contribution in [2.24, 2.45) is 0 Å². The molecule has 0 fully saturated rings. The summed E-state index contributed by atoms with van der Waals surface area (Å²) in [6, 6.07) is 19.7. The summed E-state index contributed by atoms with van der Waals surface area (Å²) in [4.78, 5) is 10.8. The van der Waals surface area contributed by atoms with E-state index in [9.17, 15) is 15.2 Å². The zero-order valence-corrected chi connectivity index (χ0v) is 15.3. The number of fused-ring (bicyclic) bond motifs is 1. The fourth-order valence-electron chi connectivity index (χ4n) is 3.85. The van der Waals surface area contributed by atoms with Crippen LogP contribution in [-0.4, -0.2) is 17.1 Å². The quantitative estimate of drug-likeness (QED) is 0.494. The molecular formula is C22H20N2O4. The van der Waals surface area contributed by atoms with Crippen LogP contribution in [0.1, 0.15) is 35.1 Å². The Kier molecular flexibility index (Phi) is 4.61. The van der Waals surface area contributed by atoms with Gasteiger partial charge < -0.3 is 15.2 Å². The number of nitrogens with zero attached hydrogens (tertiary/aromatic N) is 1. The lowest BCUT2D eigenvalue weighted by Gasteiger charge is -2.34. The highest BCUT2D eigenvalue weighted by molar-refractivity contribution is 5.62. The van der Waals surface area contributed by atoms with Crippen molar-refractivity contribution in [1.82, 2.24) is 0 Å². The second-order valence-electron chi connectivity index (χ2n) is 6.85. The van der Waals surface area contributed by atoms with E-state index in [1.807, 2.05) is 36.4 Å². The molecule has 2 atom stereocenters. The first-order valence-corrected chi connectivity index (χ1v) is 9.03. The minimum Gasteiger partial charge on any atom is -0.508 e. The van der Waals surface area contributed by atoms with Crippen LogP contribution in [0.4, 0.5) is 11.4 Å². The molecule has 6 heteroatoms. The summed E-state index contributed by atoms with van der Waals surface area (Å²) in [6.07, 6.45) is 0.652. The number of phenols is 1. The van der Waals surface area contributed by atoms with Crippen LogP contribution in [0.15, 0.2) is 66.7 Å². The molecule has 6 nitrogen and oxygen atoms in total. The van der Waals surface area contributed by atoms with Crippen molar-refractivity contribution >= 4 is 11.4 Å². The van der Waals surface area contributed by atoms with Gasteiger partial charge in [0.1, 0.15) is 11.5 Å². The Balaban J connectivity index is 1.80. The monoisotopic (exact) mass is 376 g/mol. The molecule has 0 saturated heterocycles. The van der Waals surface area contributed by atoms with E-state index in [1.165, 1.54) is 6.07 Å². The smallest absolute Gasteiger partial charge is 0.269 e. The van der Waals surface area contributed by atoms with Gasteiger partial charge in [-0.2, -0.15) is 0 Å². The summed E-state index contributed by atoms with van der Waals surface area (Å²) < 4.78 is 5.38. The maximum atomic E-state index is 11.2. The second-order valence-corrected chi connectivity index (χ2v) is 6.85. The van der Waals surface area contributed by atoms with Crippen LogP contribution < -0.4 is 10.1 Å². The minimum atomic E-state index is -0.383. The van der Waals surface area contributed by atoms with Crippen molar-refractivity contribution in [3.63, 3.8) is 0 Å². The number of anilines is 1. The number of nitro benzene ring substituents is 1. The molecule has 0 bridgehead atoms. The lowest BCUT2D eigenvalue weighted by molar-refractivity contribution is -0.384. The number of ether oxygens (including phenoxy) is 1. The molecule has 1 aliphatic heterocycles. The van der Waals surface area contributed by atoms with Crippen LogP contribution in [-0.2, 0) is 0 Å². The lowest BCUT2D eigenvalue weighted by atomic mass is 9.80. The van der Waals surface area contributed by atoms with E-state index in [2.05, 4.69) is 5.32 Å². The van der Waals surface area contributed by atoms with Gasteiger partial charge in [-0.25, -0.2) is 0 Å². The molecule has 2 N–H and O–H groups in total. The van der Waals surface area contributed by atoms with Gasteiger partial charge in [-0.3, -0.25) is 10.1 Å². The molecular weight excluding hydrogens is 356 g/mol. The first kappa shape index (κ1) is 17.9. The maximum Gasteiger partial charge on any atom is 0.269 e. The van der Waals surface area contributed by atoms with Crippen molar-refractivity contribution in [2.75, 3.05) is 12.4 Å². The van der Waals surface area contributed by atoms with Crippen LogP contribution in [0.2, 0.25) is 0 Å². The Labute approximate surface area is 162 Å².